The van der Waals surface area contributed by atoms with Gasteiger partial charge in [-0.15, -0.1) is 0 Å². The van der Waals surface area contributed by atoms with Crippen LogP contribution in [-0.2, 0) is 28.2 Å². The summed E-state index contributed by atoms with van der Waals surface area (Å²) in [5, 5.41) is 0. The summed E-state index contributed by atoms with van der Waals surface area (Å²) < 4.78 is 26.4. The molecule has 0 bridgehead atoms. The van der Waals surface area contributed by atoms with Gasteiger partial charge in [0.1, 0.15) is 6.61 Å². The van der Waals surface area contributed by atoms with Crippen molar-refractivity contribution >= 4 is 19.8 Å². The van der Waals surface area contributed by atoms with Crippen molar-refractivity contribution < 1.29 is 37.9 Å². The topological polar surface area (TPSA) is 119 Å². The second-order valence-corrected chi connectivity index (χ2v) is 15.1. The summed E-state index contributed by atoms with van der Waals surface area (Å²) in [6.07, 6.45) is 34.1. The maximum Gasteiger partial charge on any atom is 0.469 e. The lowest BCUT2D eigenvalue weighted by molar-refractivity contribution is -0.161. The van der Waals surface area contributed by atoms with Gasteiger partial charge in [-0.25, -0.2) is 4.57 Å². The zero-order valence-corrected chi connectivity index (χ0v) is 31.1. The van der Waals surface area contributed by atoms with Crippen molar-refractivity contribution in [3.05, 3.63) is 12.2 Å². The van der Waals surface area contributed by atoms with Crippen LogP contribution in [-0.4, -0.2) is 41.0 Å². The minimum Gasteiger partial charge on any atom is -0.462 e. The highest BCUT2D eigenvalue weighted by atomic mass is 31.2. The quantitative estimate of drug-likeness (QED) is 0.0297. The second-order valence-electron chi connectivity index (χ2n) is 13.8. The van der Waals surface area contributed by atoms with Crippen LogP contribution >= 0.6 is 7.82 Å². The molecule has 1 aliphatic rings. The molecule has 1 saturated carbocycles. The first-order valence-electron chi connectivity index (χ1n) is 19.4. The zero-order valence-electron chi connectivity index (χ0n) is 30.2. The van der Waals surface area contributed by atoms with E-state index in [-0.39, 0.29) is 19.4 Å². The summed E-state index contributed by atoms with van der Waals surface area (Å²) in [6.45, 7) is 3.68. The van der Waals surface area contributed by atoms with E-state index in [9.17, 15) is 14.2 Å². The predicted molar refractivity (Wildman–Crippen MR) is 191 cm³/mol. The Hall–Kier alpha value is -1.21. The second kappa shape index (κ2) is 29.7. The van der Waals surface area contributed by atoms with Gasteiger partial charge in [-0.05, 0) is 56.8 Å². The van der Waals surface area contributed by atoms with E-state index in [2.05, 4.69) is 30.5 Å². The Morgan fingerprint density at radius 1 is 0.638 bits per heavy atom. The van der Waals surface area contributed by atoms with E-state index in [0.717, 1.165) is 63.2 Å². The molecule has 276 valence electrons. The third kappa shape index (κ3) is 29.4. The van der Waals surface area contributed by atoms with Crippen molar-refractivity contribution in [1.82, 2.24) is 0 Å². The fraction of sp³-hybridized carbons (Fsp3) is 0.895. The minimum absolute atomic E-state index is 0.220. The Kier molecular flexibility index (Phi) is 27.7. The highest BCUT2D eigenvalue weighted by molar-refractivity contribution is 7.46. The van der Waals surface area contributed by atoms with E-state index in [1.165, 1.54) is 103 Å². The third-order valence-corrected chi connectivity index (χ3v) is 9.74. The van der Waals surface area contributed by atoms with E-state index < -0.39 is 32.5 Å². The van der Waals surface area contributed by atoms with E-state index in [4.69, 9.17) is 19.3 Å². The number of allylic oxidation sites excluding steroid dienone is 2. The average Bonchev–Trinajstić information content (AvgIpc) is 3.79. The van der Waals surface area contributed by atoms with Crippen LogP contribution in [0.1, 0.15) is 187 Å². The molecule has 0 radical (unpaired) electrons. The molecule has 3 atom stereocenters. The number of carbonyl (C=O) groups excluding carboxylic acids is 2. The zero-order chi connectivity index (χ0) is 34.4. The van der Waals surface area contributed by atoms with E-state index in [1.54, 1.807) is 0 Å². The van der Waals surface area contributed by atoms with Gasteiger partial charge in [0.25, 0.3) is 0 Å². The molecule has 0 aliphatic heterocycles. The molecule has 3 unspecified atom stereocenters. The first kappa shape index (κ1) is 43.8. The summed E-state index contributed by atoms with van der Waals surface area (Å²) in [4.78, 5) is 42.8. The summed E-state index contributed by atoms with van der Waals surface area (Å²) in [5.74, 6) is 1.03. The van der Waals surface area contributed by atoms with Gasteiger partial charge in [-0.1, -0.05) is 142 Å². The molecule has 0 aromatic rings. The molecule has 1 rings (SSSR count). The highest BCUT2D eigenvalue weighted by Crippen LogP contribution is 2.45. The van der Waals surface area contributed by atoms with Gasteiger partial charge < -0.3 is 19.3 Å². The van der Waals surface area contributed by atoms with E-state index in [0.29, 0.717) is 6.42 Å². The summed E-state index contributed by atoms with van der Waals surface area (Å²) in [5.41, 5.74) is 0. The summed E-state index contributed by atoms with van der Waals surface area (Å²) in [7, 11) is -4.75. The molecule has 1 aliphatic carbocycles. The Balaban J connectivity index is 2.09. The number of carbonyl (C=O) groups is 2. The van der Waals surface area contributed by atoms with Gasteiger partial charge in [-0.3, -0.25) is 14.1 Å². The van der Waals surface area contributed by atoms with Gasteiger partial charge >= 0.3 is 19.8 Å². The lowest BCUT2D eigenvalue weighted by atomic mass is 10.0. The SMILES string of the molecule is CCCCCC/C=C\CCCCCCCC(=O)OCC(COP(=O)(O)O)OC(=O)CCCCCCCC1CC1CCCCCCCC. The molecule has 9 heteroatoms. The Labute approximate surface area is 287 Å². The minimum atomic E-state index is -4.75. The van der Waals surface area contributed by atoms with Crippen LogP contribution in [0, 0.1) is 11.8 Å². The average molecular weight is 687 g/mol. The Morgan fingerprint density at radius 3 is 1.62 bits per heavy atom. The van der Waals surface area contributed by atoms with Crippen molar-refractivity contribution in [2.45, 2.75) is 193 Å². The first-order chi connectivity index (χ1) is 22.7. The number of phosphoric ester groups is 1. The number of rotatable bonds is 34. The van der Waals surface area contributed by atoms with Crippen LogP contribution in [0.5, 0.6) is 0 Å². The fourth-order valence-electron chi connectivity index (χ4n) is 6.20. The molecule has 2 N–H and O–H groups in total. The maximum absolute atomic E-state index is 12.4. The van der Waals surface area contributed by atoms with Crippen LogP contribution < -0.4 is 0 Å². The van der Waals surface area contributed by atoms with E-state index in [1.807, 2.05) is 0 Å². The molecule has 0 spiro atoms. The lowest BCUT2D eigenvalue weighted by Gasteiger charge is -2.18. The van der Waals surface area contributed by atoms with Crippen molar-refractivity contribution in [3.63, 3.8) is 0 Å². The molecule has 8 nitrogen and oxygen atoms in total. The molecule has 0 saturated heterocycles. The number of esters is 2. The Morgan fingerprint density at radius 2 is 1.09 bits per heavy atom. The first-order valence-corrected chi connectivity index (χ1v) is 21.0. The third-order valence-electron chi connectivity index (χ3n) is 9.25. The van der Waals surface area contributed by atoms with Crippen LogP contribution in [0.4, 0.5) is 0 Å². The van der Waals surface area contributed by atoms with Gasteiger partial charge in [0.2, 0.25) is 0 Å². The van der Waals surface area contributed by atoms with Crippen molar-refractivity contribution in [2.24, 2.45) is 11.8 Å². The van der Waals surface area contributed by atoms with Crippen LogP contribution in [0.25, 0.3) is 0 Å². The van der Waals surface area contributed by atoms with Gasteiger partial charge in [0.15, 0.2) is 6.10 Å². The highest BCUT2D eigenvalue weighted by Gasteiger charge is 2.35. The molecule has 0 amide bonds. The van der Waals surface area contributed by atoms with Gasteiger partial charge in [-0.2, -0.15) is 0 Å². The van der Waals surface area contributed by atoms with Crippen LogP contribution in [0.3, 0.4) is 0 Å². The summed E-state index contributed by atoms with van der Waals surface area (Å²) >= 11 is 0. The van der Waals surface area contributed by atoms with Crippen molar-refractivity contribution in [3.8, 4) is 0 Å². The summed E-state index contributed by atoms with van der Waals surface area (Å²) in [6, 6.07) is 0. The number of unbranched alkanes of at least 4 members (excludes halogenated alkanes) is 18. The van der Waals surface area contributed by atoms with Crippen molar-refractivity contribution in [1.29, 1.82) is 0 Å². The molecule has 0 heterocycles. The standard InChI is InChI=1S/C38H71O8P/c1-3-5-7-9-11-12-13-14-15-16-17-21-25-29-37(39)44-32-36(33-45-47(41,42)43)46-38(40)30-26-22-18-20-24-28-35-31-34(35)27-23-19-10-8-6-4-2/h12-13,34-36H,3-11,14-33H2,1-2H3,(H2,41,42,43)/b13-12-. The monoisotopic (exact) mass is 686 g/mol. The smallest absolute Gasteiger partial charge is 0.462 e. The number of ether oxygens (including phenoxy) is 2. The van der Waals surface area contributed by atoms with E-state index >= 15 is 0 Å². The molecule has 1 fully saturated rings. The van der Waals surface area contributed by atoms with Gasteiger partial charge in [0, 0.05) is 12.8 Å². The number of phosphoric acid groups is 1. The van der Waals surface area contributed by atoms with Crippen LogP contribution in [0.2, 0.25) is 0 Å². The predicted octanol–water partition coefficient (Wildman–Crippen LogP) is 10.9. The molecule has 0 aromatic carbocycles. The molecule has 0 aromatic heterocycles. The number of hydrogen-bond acceptors (Lipinski definition) is 6. The largest absolute Gasteiger partial charge is 0.469 e. The normalized spacial score (nSPS) is 16.9. The molecular formula is C38H71O8P. The van der Waals surface area contributed by atoms with Crippen LogP contribution in [0.15, 0.2) is 12.2 Å². The lowest BCUT2D eigenvalue weighted by Crippen LogP contribution is -2.29. The molecule has 47 heavy (non-hydrogen) atoms. The molecular weight excluding hydrogens is 615 g/mol. The number of hydrogen-bond donors (Lipinski definition) is 2. The fourth-order valence-corrected chi connectivity index (χ4v) is 6.56. The maximum atomic E-state index is 12.4. The van der Waals surface area contributed by atoms with Crippen molar-refractivity contribution in [2.75, 3.05) is 13.2 Å². The van der Waals surface area contributed by atoms with Gasteiger partial charge in [0.05, 0.1) is 6.61 Å². The Bertz CT molecular complexity index is 842.